The molecule has 11 atom stereocenters. The third kappa shape index (κ3) is 6.86. The van der Waals surface area contributed by atoms with Gasteiger partial charge in [-0.2, -0.15) is 11.8 Å². The number of imide groups is 2. The van der Waals surface area contributed by atoms with Gasteiger partial charge in [-0.15, -0.1) is 0 Å². The molecule has 0 aromatic heterocycles. The van der Waals surface area contributed by atoms with E-state index in [1.165, 1.54) is 44.2 Å². The Labute approximate surface area is 369 Å². The van der Waals surface area contributed by atoms with Crippen LogP contribution in [-0.2, 0) is 54.1 Å². The van der Waals surface area contributed by atoms with Crippen LogP contribution in [0.25, 0.3) is 0 Å². The van der Waals surface area contributed by atoms with Gasteiger partial charge in [0.25, 0.3) is 0 Å². The summed E-state index contributed by atoms with van der Waals surface area (Å²) in [6, 6.07) is 3.28. The molecular formula is C43H47N3O17S. The Morgan fingerprint density at radius 2 is 1.67 bits per heavy atom. The molecule has 21 heteroatoms. The summed E-state index contributed by atoms with van der Waals surface area (Å²) in [5.41, 5.74) is -4.02. The highest BCUT2D eigenvalue weighted by Crippen LogP contribution is 2.53. The standard InChI is InChI=1S/C43H47N3O17S/c1-17-38-22(46-19(15-60-42(59-3)41(46)63-38)8-18-9-27(49)44(39(18)55)16-45-28(50)11-25(64-4)40(45)56)10-29(61-17)62-24-13-43(57,26(48)14-47)12-21-31(24)37(54)33-32(35(21)52)34(51)20-6-5-7-23(58-2)30(20)36(33)53/h5-7,17-19,22,24-25,29,38,41-42,47,52,54,57H,8-16H2,1-4H3/t17-,18?,19?,22-,24-,25?,29-,38+,41+,42-,43-/m0/s1. The van der Waals surface area contributed by atoms with Gasteiger partial charge in [0.15, 0.2) is 30.4 Å². The summed E-state index contributed by atoms with van der Waals surface area (Å²) in [5.74, 6) is -6.84. The molecule has 64 heavy (non-hydrogen) atoms. The minimum absolute atomic E-state index is 0.0165. The lowest BCUT2D eigenvalue weighted by atomic mass is 9.72. The Balaban J connectivity index is 1.01. The third-order valence-electron chi connectivity index (χ3n) is 13.7. The Hall–Kier alpha value is -4.84. The van der Waals surface area contributed by atoms with Crippen molar-refractivity contribution in [3.8, 4) is 17.2 Å². The van der Waals surface area contributed by atoms with Gasteiger partial charge >= 0.3 is 0 Å². The zero-order valence-electron chi connectivity index (χ0n) is 35.2. The molecular weight excluding hydrogens is 863 g/mol. The van der Waals surface area contributed by atoms with E-state index in [0.717, 1.165) is 9.80 Å². The molecule has 2 aromatic carbocycles. The molecule has 4 amide bonds. The maximum absolute atomic E-state index is 14.1. The summed E-state index contributed by atoms with van der Waals surface area (Å²) in [7, 11) is 2.76. The molecule has 5 aliphatic heterocycles. The monoisotopic (exact) mass is 909 g/mol. The Morgan fingerprint density at radius 3 is 2.36 bits per heavy atom. The first kappa shape index (κ1) is 44.4. The lowest BCUT2D eigenvalue weighted by molar-refractivity contribution is -0.263. The number of aromatic hydroxyl groups is 2. The number of Topliss-reactive ketones (excluding diaryl/α,β-unsaturated/α-hetero) is 1. The molecule has 4 N–H and O–H groups in total. The van der Waals surface area contributed by atoms with Crippen molar-refractivity contribution in [3.05, 3.63) is 51.6 Å². The van der Waals surface area contributed by atoms with Gasteiger partial charge in [-0.1, -0.05) is 12.1 Å². The third-order valence-corrected chi connectivity index (χ3v) is 14.6. The van der Waals surface area contributed by atoms with E-state index in [4.69, 9.17) is 28.4 Å². The zero-order chi connectivity index (χ0) is 45.7. The maximum atomic E-state index is 14.1. The van der Waals surface area contributed by atoms with Crippen LogP contribution >= 0.6 is 11.8 Å². The van der Waals surface area contributed by atoms with Gasteiger partial charge in [0.1, 0.15) is 42.2 Å². The number of ether oxygens (including phenoxy) is 6. The molecule has 0 bridgehead atoms. The number of likely N-dealkylation sites (tertiary alicyclic amines) is 2. The number of amides is 4. The SMILES string of the molecule is COc1cccc2c1C(=O)c1c(O)c3c(c(O)c1C2=O)C[C@@](O)(C(=O)CO)C[C@@H]3O[C@H]1C[C@H]2[C@H](O[C@@H]3[C@@H](OC)OCC(CC4CC(=O)N(CN5C(=O)CC(SC)C5=O)C4=O)N32)[C@H](C)O1. The van der Waals surface area contributed by atoms with E-state index < -0.39 is 156 Å². The molecule has 5 fully saturated rings. The second-order valence-electron chi connectivity index (χ2n) is 17.1. The fourth-order valence-corrected chi connectivity index (χ4v) is 11.2. The number of nitrogens with zero attached hydrogens (tertiary/aromatic N) is 3. The fourth-order valence-electron chi connectivity index (χ4n) is 10.6. The van der Waals surface area contributed by atoms with Crippen LogP contribution < -0.4 is 4.74 Å². The highest BCUT2D eigenvalue weighted by Gasteiger charge is 2.58. The molecule has 5 saturated heterocycles. The molecule has 9 rings (SSSR count). The van der Waals surface area contributed by atoms with Crippen LogP contribution in [0.3, 0.4) is 0 Å². The van der Waals surface area contributed by atoms with Gasteiger partial charge in [-0.3, -0.25) is 48.3 Å². The van der Waals surface area contributed by atoms with Gasteiger partial charge in [-0.05, 0) is 25.7 Å². The normalized spacial score (nSPS) is 33.6. The molecule has 342 valence electrons. The van der Waals surface area contributed by atoms with E-state index in [9.17, 15) is 54.0 Å². The van der Waals surface area contributed by atoms with Crippen LogP contribution in [0, 0.1) is 5.92 Å². The van der Waals surface area contributed by atoms with E-state index >= 15 is 0 Å². The molecule has 3 unspecified atom stereocenters. The van der Waals surface area contributed by atoms with Crippen molar-refractivity contribution >= 4 is 52.7 Å². The van der Waals surface area contributed by atoms with E-state index in [1.54, 1.807) is 13.2 Å². The van der Waals surface area contributed by atoms with Crippen LogP contribution in [0.1, 0.15) is 88.1 Å². The first-order valence-corrected chi connectivity index (χ1v) is 22.2. The van der Waals surface area contributed by atoms with Crippen LogP contribution in [0.4, 0.5) is 0 Å². The van der Waals surface area contributed by atoms with Gasteiger partial charge < -0.3 is 48.8 Å². The molecule has 0 spiro atoms. The maximum Gasteiger partial charge on any atom is 0.244 e. The summed E-state index contributed by atoms with van der Waals surface area (Å²) < 4.78 is 36.5. The van der Waals surface area contributed by atoms with Crippen molar-refractivity contribution in [2.24, 2.45) is 5.92 Å². The first-order valence-electron chi connectivity index (χ1n) is 20.9. The molecule has 20 nitrogen and oxygen atoms in total. The number of phenolic OH excluding ortho intramolecular Hbond substituents is 2. The summed E-state index contributed by atoms with van der Waals surface area (Å²) in [6.07, 6.45) is -5.12. The van der Waals surface area contributed by atoms with Gasteiger partial charge in [0, 0.05) is 73.9 Å². The highest BCUT2D eigenvalue weighted by atomic mass is 32.2. The second kappa shape index (κ2) is 16.5. The quantitative estimate of drug-likeness (QED) is 0.149. The number of carbonyl (C=O) groups is 7. The number of benzene rings is 2. The topological polar surface area (TPSA) is 266 Å². The number of ketones is 3. The average Bonchev–Trinajstić information content (AvgIpc) is 3.89. The Kier molecular flexibility index (Phi) is 11.5. The molecule has 2 aliphatic carbocycles. The number of rotatable bonds is 11. The minimum Gasteiger partial charge on any atom is -0.507 e. The molecule has 0 saturated carbocycles. The predicted molar refractivity (Wildman–Crippen MR) is 216 cm³/mol. The zero-order valence-corrected chi connectivity index (χ0v) is 36.0. The predicted octanol–water partition coefficient (Wildman–Crippen LogP) is 0.293. The van der Waals surface area contributed by atoms with Crippen LogP contribution in [0.15, 0.2) is 18.2 Å². The number of aliphatic hydroxyl groups excluding tert-OH is 1. The number of aliphatic hydroxyl groups is 2. The van der Waals surface area contributed by atoms with Gasteiger partial charge in [0.2, 0.25) is 29.4 Å². The second-order valence-corrected chi connectivity index (χ2v) is 18.2. The first-order chi connectivity index (χ1) is 30.5. The summed E-state index contributed by atoms with van der Waals surface area (Å²) in [5, 5.41) is 44.9. The Morgan fingerprint density at radius 1 is 0.953 bits per heavy atom. The van der Waals surface area contributed by atoms with Crippen molar-refractivity contribution in [3.63, 3.8) is 0 Å². The number of thioether (sulfide) groups is 1. The van der Waals surface area contributed by atoms with Crippen LogP contribution in [-0.4, -0.2) is 170 Å². The van der Waals surface area contributed by atoms with E-state index in [-0.39, 0.29) is 60.3 Å². The van der Waals surface area contributed by atoms with Crippen LogP contribution in [0.2, 0.25) is 0 Å². The number of hydrogen-bond donors (Lipinski definition) is 4. The largest absolute Gasteiger partial charge is 0.507 e. The Bertz CT molecular complexity index is 2380. The van der Waals surface area contributed by atoms with E-state index in [0.29, 0.717) is 0 Å². The lowest BCUT2D eigenvalue weighted by Gasteiger charge is -2.46. The number of methoxy groups -OCH3 is 2. The number of phenols is 2. The number of morpholine rings is 1. The van der Waals surface area contributed by atoms with Gasteiger partial charge in [0.05, 0.1) is 47.9 Å². The highest BCUT2D eigenvalue weighted by molar-refractivity contribution is 8.00. The molecule has 0 radical (unpaired) electrons. The number of fused-ring (bicyclic) bond motifs is 6. The average molecular weight is 910 g/mol. The fraction of sp³-hybridized carbons (Fsp3) is 0.558. The summed E-state index contributed by atoms with van der Waals surface area (Å²) in [4.78, 5) is 97.7. The minimum atomic E-state index is -2.36. The molecule has 7 aliphatic rings. The van der Waals surface area contributed by atoms with Crippen LogP contribution in [0.5, 0.6) is 17.2 Å². The van der Waals surface area contributed by atoms with Crippen molar-refractivity contribution in [1.29, 1.82) is 0 Å². The van der Waals surface area contributed by atoms with Crippen molar-refractivity contribution in [2.45, 2.75) is 106 Å². The lowest BCUT2D eigenvalue weighted by Crippen LogP contribution is -2.60. The summed E-state index contributed by atoms with van der Waals surface area (Å²) in [6.45, 7) is 0.247. The summed E-state index contributed by atoms with van der Waals surface area (Å²) >= 11 is 1.22. The van der Waals surface area contributed by atoms with Gasteiger partial charge in [-0.25, -0.2) is 0 Å². The molecule has 2 aromatic rings. The van der Waals surface area contributed by atoms with Crippen molar-refractivity contribution in [2.75, 3.05) is 40.4 Å². The van der Waals surface area contributed by atoms with E-state index in [2.05, 4.69) is 0 Å². The van der Waals surface area contributed by atoms with Crippen molar-refractivity contribution in [1.82, 2.24) is 14.7 Å². The number of carbonyl (C=O) groups excluding carboxylic acids is 7. The smallest absolute Gasteiger partial charge is 0.244 e. The molecule has 5 heterocycles. The van der Waals surface area contributed by atoms with Crippen molar-refractivity contribution < 1.29 is 82.4 Å². The number of hydrogen-bond acceptors (Lipinski definition) is 19. The van der Waals surface area contributed by atoms with E-state index in [1.807, 2.05) is 4.90 Å².